The summed E-state index contributed by atoms with van der Waals surface area (Å²) in [6.07, 6.45) is 0.180. The van der Waals surface area contributed by atoms with Crippen LogP contribution in [0.3, 0.4) is 0 Å². The Morgan fingerprint density at radius 3 is 2.63 bits per heavy atom. The smallest absolute Gasteiger partial charge is 0.167 e. The number of rotatable bonds is 3. The molecule has 0 heterocycles. The largest absolute Gasteiger partial charge is 0.398 e. The number of nitrogen functional groups attached to an aromatic ring is 1. The topological polar surface area (TPSA) is 43.1 Å². The first-order valence-electron chi connectivity index (χ1n) is 5.49. The average Bonchev–Trinajstić information content (AvgIpc) is 2.37. The van der Waals surface area contributed by atoms with Gasteiger partial charge >= 0.3 is 0 Å². The maximum atomic E-state index is 13.1. The molecule has 0 saturated carbocycles. The van der Waals surface area contributed by atoms with E-state index in [-0.39, 0.29) is 18.0 Å². The zero-order valence-electron chi connectivity index (χ0n) is 9.79. The van der Waals surface area contributed by atoms with E-state index in [1.54, 1.807) is 24.3 Å². The van der Waals surface area contributed by atoms with Gasteiger partial charge in [-0.3, -0.25) is 4.79 Å². The van der Waals surface area contributed by atoms with Crippen molar-refractivity contribution in [3.63, 3.8) is 0 Å². The average molecular weight is 343 g/mol. The van der Waals surface area contributed by atoms with Crippen LogP contribution < -0.4 is 5.73 Å². The van der Waals surface area contributed by atoms with E-state index in [1.165, 1.54) is 12.1 Å². The van der Waals surface area contributed by atoms with Crippen LogP contribution in [0.25, 0.3) is 0 Å². The predicted molar refractivity (Wildman–Crippen MR) is 78.0 cm³/mol. The van der Waals surface area contributed by atoms with Crippen LogP contribution in [-0.2, 0) is 6.42 Å². The van der Waals surface area contributed by atoms with E-state index in [2.05, 4.69) is 15.9 Å². The number of carbonyl (C=O) groups excluding carboxylic acids is 1. The molecule has 0 saturated heterocycles. The number of carbonyl (C=O) groups is 1. The minimum Gasteiger partial charge on any atom is -0.398 e. The molecule has 5 heteroatoms. The molecule has 2 aromatic carbocycles. The molecule has 0 aliphatic rings. The van der Waals surface area contributed by atoms with Crippen LogP contribution in [0.4, 0.5) is 10.1 Å². The second kappa shape index (κ2) is 5.72. The number of hydrogen-bond acceptors (Lipinski definition) is 2. The van der Waals surface area contributed by atoms with Gasteiger partial charge in [0, 0.05) is 12.0 Å². The van der Waals surface area contributed by atoms with Crippen LogP contribution in [0.5, 0.6) is 0 Å². The predicted octanol–water partition coefficient (Wildman–Crippen LogP) is 4.25. The van der Waals surface area contributed by atoms with Crippen molar-refractivity contribution in [1.82, 2.24) is 0 Å². The summed E-state index contributed by atoms with van der Waals surface area (Å²) in [7, 11) is 0. The number of halogens is 3. The number of ketones is 1. The van der Waals surface area contributed by atoms with Crippen LogP contribution in [0.2, 0.25) is 5.02 Å². The van der Waals surface area contributed by atoms with E-state index in [4.69, 9.17) is 17.3 Å². The Kier molecular flexibility index (Phi) is 4.22. The van der Waals surface area contributed by atoms with Gasteiger partial charge in [0.1, 0.15) is 5.82 Å². The number of benzene rings is 2. The highest BCUT2D eigenvalue weighted by Gasteiger charge is 2.10. The lowest BCUT2D eigenvalue weighted by atomic mass is 10.0. The molecule has 0 aliphatic heterocycles. The molecule has 0 atom stereocenters. The summed E-state index contributed by atoms with van der Waals surface area (Å²) in [4.78, 5) is 12.1. The van der Waals surface area contributed by atoms with Crippen LogP contribution in [0, 0.1) is 5.82 Å². The molecule has 2 nitrogen and oxygen atoms in total. The lowest BCUT2D eigenvalue weighted by Crippen LogP contribution is -2.04. The Hall–Kier alpha value is -1.39. The fourth-order valence-corrected chi connectivity index (χ4v) is 2.24. The Balaban J connectivity index is 2.20. The number of anilines is 1. The van der Waals surface area contributed by atoms with Crippen molar-refractivity contribution >= 4 is 39.0 Å². The van der Waals surface area contributed by atoms with Gasteiger partial charge in [0.05, 0.1) is 15.2 Å². The van der Waals surface area contributed by atoms with Gasteiger partial charge in [0.2, 0.25) is 0 Å². The monoisotopic (exact) mass is 341 g/mol. The maximum absolute atomic E-state index is 13.1. The molecule has 0 spiro atoms. The molecule has 0 amide bonds. The molecule has 0 fully saturated rings. The minimum absolute atomic E-state index is 0.0968. The number of Topliss-reactive ketones (excluding diaryl/α,β-unsaturated/α-hetero) is 1. The first kappa shape index (κ1) is 14.0. The van der Waals surface area contributed by atoms with Crippen molar-refractivity contribution in [2.45, 2.75) is 6.42 Å². The molecule has 2 N–H and O–H groups in total. The number of hydrogen-bond donors (Lipinski definition) is 1. The fourth-order valence-electron chi connectivity index (χ4n) is 1.64. The van der Waals surface area contributed by atoms with Crippen molar-refractivity contribution in [2.24, 2.45) is 0 Å². The summed E-state index contributed by atoms with van der Waals surface area (Å²) in [5.41, 5.74) is 7.23. The highest BCUT2D eigenvalue weighted by molar-refractivity contribution is 9.10. The highest BCUT2D eigenvalue weighted by Crippen LogP contribution is 2.22. The molecule has 2 aromatic rings. The van der Waals surface area contributed by atoms with Crippen molar-refractivity contribution in [3.05, 3.63) is 62.8 Å². The van der Waals surface area contributed by atoms with Gasteiger partial charge in [0.15, 0.2) is 5.78 Å². The molecular formula is C14H10BrClFNO. The van der Waals surface area contributed by atoms with E-state index >= 15 is 0 Å². The van der Waals surface area contributed by atoms with E-state index in [0.29, 0.717) is 20.7 Å². The molecular weight excluding hydrogens is 333 g/mol. The second-order valence-electron chi connectivity index (χ2n) is 4.08. The van der Waals surface area contributed by atoms with Gasteiger partial charge in [-0.1, -0.05) is 17.7 Å². The minimum atomic E-state index is -0.355. The molecule has 19 heavy (non-hydrogen) atoms. The Morgan fingerprint density at radius 1 is 1.26 bits per heavy atom. The fraction of sp³-hybridized carbons (Fsp3) is 0.0714. The summed E-state index contributed by atoms with van der Waals surface area (Å²) >= 11 is 8.96. The Bertz CT molecular complexity index is 645. The van der Waals surface area contributed by atoms with Gasteiger partial charge in [-0.2, -0.15) is 0 Å². The third-order valence-electron chi connectivity index (χ3n) is 2.67. The van der Waals surface area contributed by atoms with Crippen LogP contribution in [0.1, 0.15) is 15.9 Å². The lowest BCUT2D eigenvalue weighted by molar-refractivity contribution is 0.0993. The summed E-state index contributed by atoms with van der Waals surface area (Å²) in [5.74, 6) is -0.452. The third kappa shape index (κ3) is 3.33. The van der Waals surface area contributed by atoms with Crippen LogP contribution in [-0.4, -0.2) is 5.78 Å². The summed E-state index contributed by atoms with van der Waals surface area (Å²) in [5, 5.41) is 0.353. The molecule has 0 aromatic heterocycles. The maximum Gasteiger partial charge on any atom is 0.167 e. The summed E-state index contributed by atoms with van der Waals surface area (Å²) in [6.45, 7) is 0. The van der Waals surface area contributed by atoms with Gasteiger partial charge in [-0.25, -0.2) is 4.39 Å². The Labute approximate surface area is 123 Å². The first-order valence-corrected chi connectivity index (χ1v) is 6.66. The molecule has 0 bridgehead atoms. The van der Waals surface area contributed by atoms with Gasteiger partial charge in [0.25, 0.3) is 0 Å². The third-order valence-corrected chi connectivity index (χ3v) is 3.61. The normalized spacial score (nSPS) is 10.5. The summed E-state index contributed by atoms with van der Waals surface area (Å²) < 4.78 is 13.4. The zero-order valence-corrected chi connectivity index (χ0v) is 12.1. The second-order valence-corrected chi connectivity index (χ2v) is 5.35. The van der Waals surface area contributed by atoms with Crippen molar-refractivity contribution in [2.75, 3.05) is 5.73 Å². The van der Waals surface area contributed by atoms with E-state index in [9.17, 15) is 9.18 Å². The van der Waals surface area contributed by atoms with Gasteiger partial charge < -0.3 is 5.73 Å². The highest BCUT2D eigenvalue weighted by atomic mass is 79.9. The Morgan fingerprint density at radius 2 is 2.00 bits per heavy atom. The molecule has 0 radical (unpaired) electrons. The quantitative estimate of drug-likeness (QED) is 0.669. The van der Waals surface area contributed by atoms with Crippen molar-refractivity contribution < 1.29 is 9.18 Å². The molecule has 98 valence electrons. The van der Waals surface area contributed by atoms with E-state index < -0.39 is 0 Å². The first-order chi connectivity index (χ1) is 8.97. The SMILES string of the molecule is Nc1ccc(C(=O)Cc2ccc(F)c(Br)c2)cc1Cl. The standard InChI is InChI=1S/C14H10BrClFNO/c15-10-5-8(1-3-12(10)17)6-14(19)9-2-4-13(18)11(16)7-9/h1-5,7H,6,18H2. The summed E-state index contributed by atoms with van der Waals surface area (Å²) in [6, 6.07) is 9.25. The van der Waals surface area contributed by atoms with Gasteiger partial charge in [-0.15, -0.1) is 0 Å². The van der Waals surface area contributed by atoms with Gasteiger partial charge in [-0.05, 0) is 51.8 Å². The van der Waals surface area contributed by atoms with Crippen LogP contribution >= 0.6 is 27.5 Å². The van der Waals surface area contributed by atoms with Crippen molar-refractivity contribution in [1.29, 1.82) is 0 Å². The van der Waals surface area contributed by atoms with Crippen LogP contribution in [0.15, 0.2) is 40.9 Å². The molecule has 0 unspecified atom stereocenters. The van der Waals surface area contributed by atoms with E-state index in [1.807, 2.05) is 0 Å². The molecule has 2 rings (SSSR count). The zero-order chi connectivity index (χ0) is 14.0. The van der Waals surface area contributed by atoms with Crippen molar-refractivity contribution in [3.8, 4) is 0 Å². The number of nitrogens with two attached hydrogens (primary N) is 1. The van der Waals surface area contributed by atoms with E-state index in [0.717, 1.165) is 5.56 Å². The lowest BCUT2D eigenvalue weighted by Gasteiger charge is -2.05. The molecule has 0 aliphatic carbocycles.